The molecule has 0 heterocycles. The van der Waals surface area contributed by atoms with Crippen LogP contribution in [0, 0.1) is 5.92 Å². The molecule has 0 aliphatic rings. The van der Waals surface area contributed by atoms with E-state index in [9.17, 15) is 4.79 Å². The number of rotatable bonds is 2. The Balaban J connectivity index is 3.21. The molecule has 0 fully saturated rings. The van der Waals surface area contributed by atoms with Crippen molar-refractivity contribution in [3.8, 4) is 0 Å². The highest BCUT2D eigenvalue weighted by atomic mass is 16.1. The van der Waals surface area contributed by atoms with Gasteiger partial charge >= 0.3 is 0 Å². The lowest BCUT2D eigenvalue weighted by molar-refractivity contribution is -0.109. The van der Waals surface area contributed by atoms with Crippen molar-refractivity contribution >= 4 is 6.29 Å². The van der Waals surface area contributed by atoms with Crippen molar-refractivity contribution in [1.82, 2.24) is 0 Å². The highest BCUT2D eigenvalue weighted by Gasteiger charge is 1.84. The molecule has 0 aromatic carbocycles. The topological polar surface area (TPSA) is 17.1 Å². The summed E-state index contributed by atoms with van der Waals surface area (Å²) in [6.45, 7) is 5.19. The Morgan fingerprint density at radius 2 is 2.33 bits per heavy atom. The van der Waals surface area contributed by atoms with Crippen molar-refractivity contribution in [2.24, 2.45) is 5.92 Å². The van der Waals surface area contributed by atoms with E-state index in [2.05, 4.69) is 6.58 Å². The van der Waals surface area contributed by atoms with Crippen LogP contribution in [0.4, 0.5) is 0 Å². The minimum absolute atomic E-state index is 0.0185. The van der Waals surface area contributed by atoms with Crippen molar-refractivity contribution in [2.75, 3.05) is 0 Å². The highest BCUT2D eigenvalue weighted by Crippen LogP contribution is 1.84. The van der Waals surface area contributed by atoms with Crippen LogP contribution in [0.1, 0.15) is 6.92 Å². The maximum atomic E-state index is 9.66. The zero-order valence-corrected chi connectivity index (χ0v) is 3.85. The van der Waals surface area contributed by atoms with Crippen LogP contribution in [0.3, 0.4) is 0 Å². The summed E-state index contributed by atoms with van der Waals surface area (Å²) in [6, 6.07) is 0. The first-order valence-corrected chi connectivity index (χ1v) is 1.89. The van der Waals surface area contributed by atoms with E-state index in [0.717, 1.165) is 6.29 Å². The minimum Gasteiger partial charge on any atom is -0.303 e. The van der Waals surface area contributed by atoms with Crippen LogP contribution < -0.4 is 0 Å². The molecule has 0 saturated heterocycles. The van der Waals surface area contributed by atoms with Crippen molar-refractivity contribution in [2.45, 2.75) is 6.92 Å². The number of carbonyl (C=O) groups excluding carboxylic acids is 1. The second kappa shape index (κ2) is 2.64. The Kier molecular flexibility index (Phi) is 2.38. The summed E-state index contributed by atoms with van der Waals surface area (Å²) in [4.78, 5) is 9.66. The van der Waals surface area contributed by atoms with Crippen LogP contribution in [0.5, 0.6) is 0 Å². The summed E-state index contributed by atoms with van der Waals surface area (Å²) < 4.78 is 0. The van der Waals surface area contributed by atoms with Crippen molar-refractivity contribution < 1.29 is 4.79 Å². The molecule has 0 aliphatic carbocycles. The van der Waals surface area contributed by atoms with Crippen LogP contribution in [0.15, 0.2) is 12.7 Å². The summed E-state index contributed by atoms with van der Waals surface area (Å²) in [6.07, 6.45) is 2.46. The molecular weight excluding hydrogens is 76.1 g/mol. The number of hydrogen-bond acceptors (Lipinski definition) is 1. The molecule has 0 rings (SSSR count). The third kappa shape index (κ3) is 1.70. The molecule has 0 radical (unpaired) electrons. The normalized spacial score (nSPS) is 12.8. The van der Waals surface area contributed by atoms with Crippen molar-refractivity contribution in [1.29, 1.82) is 0 Å². The quantitative estimate of drug-likeness (QED) is 0.360. The van der Waals surface area contributed by atoms with Gasteiger partial charge in [-0.25, -0.2) is 0 Å². The van der Waals surface area contributed by atoms with E-state index in [0.29, 0.717) is 0 Å². The fourth-order valence-corrected chi connectivity index (χ4v) is 0.0556. The SMILES string of the molecule is C=C[C@H](C)C=O. The maximum Gasteiger partial charge on any atom is 0.126 e. The van der Waals surface area contributed by atoms with E-state index in [1.807, 2.05) is 0 Å². The maximum absolute atomic E-state index is 9.66. The van der Waals surface area contributed by atoms with E-state index in [1.54, 1.807) is 13.0 Å². The average molecular weight is 84.1 g/mol. The second-order valence-corrected chi connectivity index (χ2v) is 1.23. The van der Waals surface area contributed by atoms with Gasteiger partial charge in [-0.05, 0) is 0 Å². The summed E-state index contributed by atoms with van der Waals surface area (Å²) in [5.74, 6) is 0.0185. The predicted octanol–water partition coefficient (Wildman–Crippen LogP) is 1.01. The van der Waals surface area contributed by atoms with Gasteiger partial charge in [0.05, 0.1) is 0 Å². The molecule has 0 saturated carbocycles. The number of carbonyl (C=O) groups is 1. The first-order chi connectivity index (χ1) is 2.81. The van der Waals surface area contributed by atoms with Gasteiger partial charge in [0.15, 0.2) is 0 Å². The zero-order chi connectivity index (χ0) is 4.99. The van der Waals surface area contributed by atoms with Crippen LogP contribution in [0.25, 0.3) is 0 Å². The standard InChI is InChI=1S/C5H8O/c1-3-5(2)4-6/h3-5H,1H2,2H3/t5-/m0/s1. The monoisotopic (exact) mass is 84.1 g/mol. The molecule has 1 heteroatoms. The van der Waals surface area contributed by atoms with Crippen LogP contribution >= 0.6 is 0 Å². The van der Waals surface area contributed by atoms with Crippen molar-refractivity contribution in [3.63, 3.8) is 0 Å². The van der Waals surface area contributed by atoms with Gasteiger partial charge in [-0.1, -0.05) is 13.0 Å². The van der Waals surface area contributed by atoms with Crippen LogP contribution in [0.2, 0.25) is 0 Å². The first-order valence-electron chi connectivity index (χ1n) is 1.89. The Morgan fingerprint density at radius 3 is 2.33 bits per heavy atom. The summed E-state index contributed by atoms with van der Waals surface area (Å²) in [5.41, 5.74) is 0. The van der Waals surface area contributed by atoms with Gasteiger partial charge in [0.25, 0.3) is 0 Å². The Hall–Kier alpha value is -0.590. The fourth-order valence-electron chi connectivity index (χ4n) is 0.0556. The molecule has 34 valence electrons. The lowest BCUT2D eigenvalue weighted by Crippen LogP contribution is -1.85. The third-order valence-electron chi connectivity index (χ3n) is 0.586. The predicted molar refractivity (Wildman–Crippen MR) is 25.4 cm³/mol. The van der Waals surface area contributed by atoms with Crippen LogP contribution in [-0.4, -0.2) is 6.29 Å². The van der Waals surface area contributed by atoms with E-state index >= 15 is 0 Å². The molecule has 0 bridgehead atoms. The van der Waals surface area contributed by atoms with Crippen LogP contribution in [-0.2, 0) is 4.79 Å². The molecule has 0 spiro atoms. The first kappa shape index (κ1) is 5.41. The molecule has 1 atom stereocenters. The van der Waals surface area contributed by atoms with Gasteiger partial charge in [-0.3, -0.25) is 0 Å². The van der Waals surface area contributed by atoms with E-state index in [4.69, 9.17) is 0 Å². The molecule has 6 heavy (non-hydrogen) atoms. The number of allylic oxidation sites excluding steroid dienone is 1. The summed E-state index contributed by atoms with van der Waals surface area (Å²) in [7, 11) is 0. The molecule has 0 aromatic heterocycles. The van der Waals surface area contributed by atoms with Gasteiger partial charge in [0.1, 0.15) is 6.29 Å². The van der Waals surface area contributed by atoms with E-state index < -0.39 is 0 Å². The Morgan fingerprint density at radius 1 is 1.83 bits per heavy atom. The second-order valence-electron chi connectivity index (χ2n) is 1.23. The zero-order valence-electron chi connectivity index (χ0n) is 3.85. The highest BCUT2D eigenvalue weighted by molar-refractivity contribution is 5.55. The Labute approximate surface area is 37.7 Å². The summed E-state index contributed by atoms with van der Waals surface area (Å²) in [5, 5.41) is 0. The molecular formula is C5H8O. The largest absolute Gasteiger partial charge is 0.303 e. The molecule has 0 N–H and O–H groups in total. The summed E-state index contributed by atoms with van der Waals surface area (Å²) >= 11 is 0. The Bertz CT molecular complexity index is 49.0. The van der Waals surface area contributed by atoms with E-state index in [1.165, 1.54) is 0 Å². The number of aldehydes is 1. The van der Waals surface area contributed by atoms with Gasteiger partial charge < -0.3 is 4.79 Å². The number of hydrogen-bond donors (Lipinski definition) is 0. The smallest absolute Gasteiger partial charge is 0.126 e. The molecule has 0 amide bonds. The lowest BCUT2D eigenvalue weighted by Gasteiger charge is -1.83. The fraction of sp³-hybridized carbons (Fsp3) is 0.400. The van der Waals surface area contributed by atoms with Crippen molar-refractivity contribution in [3.05, 3.63) is 12.7 Å². The molecule has 1 nitrogen and oxygen atoms in total. The lowest BCUT2D eigenvalue weighted by atomic mass is 10.2. The van der Waals surface area contributed by atoms with E-state index in [-0.39, 0.29) is 5.92 Å². The van der Waals surface area contributed by atoms with Gasteiger partial charge in [0.2, 0.25) is 0 Å². The average Bonchev–Trinajstić information content (AvgIpc) is 1.65. The molecule has 0 aliphatic heterocycles. The van der Waals surface area contributed by atoms with Gasteiger partial charge in [0, 0.05) is 5.92 Å². The van der Waals surface area contributed by atoms with Gasteiger partial charge in [-0.15, -0.1) is 6.58 Å². The van der Waals surface area contributed by atoms with Gasteiger partial charge in [-0.2, -0.15) is 0 Å². The molecule has 0 aromatic rings. The molecule has 0 unspecified atom stereocenters. The third-order valence-corrected chi connectivity index (χ3v) is 0.586. The minimum atomic E-state index is 0.0185.